The van der Waals surface area contributed by atoms with Crippen molar-refractivity contribution in [2.24, 2.45) is 5.73 Å². The Morgan fingerprint density at radius 2 is 2.28 bits per heavy atom. The molecule has 0 bridgehead atoms. The molecule has 1 rings (SSSR count). The largest absolute Gasteiger partial charge is 0.355 e. The Balaban J connectivity index is 2.59. The normalized spacial score (nSPS) is 10.2. The number of likely N-dealkylation sites (N-methyl/N-ethyl adjacent to an activating group) is 2. The molecule has 0 unspecified atom stereocenters. The highest BCUT2D eigenvalue weighted by atomic mass is 16.2. The van der Waals surface area contributed by atoms with Gasteiger partial charge in [0.1, 0.15) is 5.69 Å². The minimum atomic E-state index is -0.281. The molecule has 2 amide bonds. The van der Waals surface area contributed by atoms with Crippen LogP contribution in [0.2, 0.25) is 0 Å². The Morgan fingerprint density at radius 1 is 1.56 bits per heavy atom. The summed E-state index contributed by atoms with van der Waals surface area (Å²) in [5.74, 6) is -0.466. The summed E-state index contributed by atoms with van der Waals surface area (Å²) in [7, 11) is 1.57. The average Bonchev–Trinajstić information content (AvgIpc) is 2.77. The van der Waals surface area contributed by atoms with E-state index in [9.17, 15) is 9.59 Å². The summed E-state index contributed by atoms with van der Waals surface area (Å²) < 4.78 is 1.74. The molecule has 0 aliphatic carbocycles. The molecule has 1 aromatic rings. The summed E-state index contributed by atoms with van der Waals surface area (Å²) in [6, 6.07) is 0. The summed E-state index contributed by atoms with van der Waals surface area (Å²) in [4.78, 5) is 28.6. The van der Waals surface area contributed by atoms with Gasteiger partial charge < -0.3 is 20.5 Å². The molecule has 1 heterocycles. The fourth-order valence-corrected chi connectivity index (χ4v) is 1.48. The lowest BCUT2D eigenvalue weighted by Gasteiger charge is -2.14. The van der Waals surface area contributed by atoms with Gasteiger partial charge in [0.05, 0.1) is 12.9 Å². The number of rotatable bonds is 6. The van der Waals surface area contributed by atoms with Crippen LogP contribution in [0, 0.1) is 0 Å². The van der Waals surface area contributed by atoms with Crippen LogP contribution in [0.3, 0.4) is 0 Å². The van der Waals surface area contributed by atoms with Crippen LogP contribution in [0.1, 0.15) is 17.4 Å². The highest BCUT2D eigenvalue weighted by Crippen LogP contribution is 2.00. The van der Waals surface area contributed by atoms with Crippen molar-refractivity contribution in [1.82, 2.24) is 19.8 Å². The van der Waals surface area contributed by atoms with Crippen molar-refractivity contribution in [1.29, 1.82) is 0 Å². The second-order valence-corrected chi connectivity index (χ2v) is 3.90. The molecule has 18 heavy (non-hydrogen) atoms. The fraction of sp³-hybridized carbons (Fsp3) is 0.545. The van der Waals surface area contributed by atoms with Crippen LogP contribution in [0.15, 0.2) is 12.5 Å². The molecule has 0 atom stereocenters. The lowest BCUT2D eigenvalue weighted by atomic mass is 10.4. The highest BCUT2D eigenvalue weighted by molar-refractivity contribution is 5.94. The molecule has 0 radical (unpaired) electrons. The first-order valence-corrected chi connectivity index (χ1v) is 5.82. The first-order valence-electron chi connectivity index (χ1n) is 5.82. The number of nitrogens with one attached hydrogen (secondary N) is 1. The number of carbonyl (C=O) groups excluding carboxylic acids is 2. The predicted molar refractivity (Wildman–Crippen MR) is 66.9 cm³/mol. The summed E-state index contributed by atoms with van der Waals surface area (Å²) in [5.41, 5.74) is 5.72. The van der Waals surface area contributed by atoms with E-state index in [0.717, 1.165) is 0 Å². The van der Waals surface area contributed by atoms with E-state index in [1.54, 1.807) is 24.1 Å². The number of imidazole rings is 1. The van der Waals surface area contributed by atoms with Crippen LogP contribution in [0.5, 0.6) is 0 Å². The fourth-order valence-electron chi connectivity index (χ4n) is 1.48. The zero-order chi connectivity index (χ0) is 13.5. The molecule has 1 aromatic heterocycles. The maximum Gasteiger partial charge on any atom is 0.274 e. The van der Waals surface area contributed by atoms with E-state index < -0.39 is 0 Å². The second kappa shape index (κ2) is 6.75. The number of carbonyl (C=O) groups is 2. The third-order valence-corrected chi connectivity index (χ3v) is 2.34. The van der Waals surface area contributed by atoms with Crippen molar-refractivity contribution in [3.8, 4) is 0 Å². The van der Waals surface area contributed by atoms with Crippen LogP contribution in [-0.2, 0) is 11.3 Å². The first-order chi connectivity index (χ1) is 8.58. The molecule has 0 saturated heterocycles. The van der Waals surface area contributed by atoms with Crippen molar-refractivity contribution in [3.63, 3.8) is 0 Å². The van der Waals surface area contributed by atoms with Crippen molar-refractivity contribution in [2.75, 3.05) is 26.7 Å². The summed E-state index contributed by atoms with van der Waals surface area (Å²) in [5, 5.41) is 2.63. The third-order valence-electron chi connectivity index (χ3n) is 2.34. The SMILES string of the molecule is CCNC(=O)CN(C)C(=O)c1cn(CCN)cn1. The monoisotopic (exact) mass is 253 g/mol. The van der Waals surface area contributed by atoms with Gasteiger partial charge in [0.15, 0.2) is 0 Å². The van der Waals surface area contributed by atoms with Gasteiger partial charge in [-0.1, -0.05) is 0 Å². The van der Waals surface area contributed by atoms with Crippen LogP contribution in [0.25, 0.3) is 0 Å². The maximum atomic E-state index is 11.9. The summed E-state index contributed by atoms with van der Waals surface area (Å²) in [6.45, 7) is 3.50. The van der Waals surface area contributed by atoms with Gasteiger partial charge in [0.25, 0.3) is 5.91 Å². The second-order valence-electron chi connectivity index (χ2n) is 3.90. The van der Waals surface area contributed by atoms with Crippen LogP contribution in [0.4, 0.5) is 0 Å². The minimum Gasteiger partial charge on any atom is -0.355 e. The molecule has 0 aliphatic heterocycles. The maximum absolute atomic E-state index is 11.9. The molecule has 0 spiro atoms. The standard InChI is InChI=1S/C11H19N5O2/c1-3-13-10(17)7-15(2)11(18)9-6-16(5-4-12)8-14-9/h6,8H,3-5,7,12H2,1-2H3,(H,13,17). The summed E-state index contributed by atoms with van der Waals surface area (Å²) in [6.07, 6.45) is 3.18. The molecular weight excluding hydrogens is 234 g/mol. The number of nitrogens with two attached hydrogens (primary N) is 1. The van der Waals surface area contributed by atoms with Gasteiger partial charge in [-0.15, -0.1) is 0 Å². The Hall–Kier alpha value is -1.89. The van der Waals surface area contributed by atoms with E-state index >= 15 is 0 Å². The van der Waals surface area contributed by atoms with Crippen molar-refractivity contribution in [3.05, 3.63) is 18.2 Å². The van der Waals surface area contributed by atoms with E-state index in [0.29, 0.717) is 25.3 Å². The zero-order valence-corrected chi connectivity index (χ0v) is 10.7. The van der Waals surface area contributed by atoms with Gasteiger partial charge in [-0.25, -0.2) is 4.98 Å². The number of aromatic nitrogens is 2. The van der Waals surface area contributed by atoms with E-state index in [1.165, 1.54) is 4.90 Å². The molecule has 0 saturated carbocycles. The Kier molecular flexibility index (Phi) is 5.31. The van der Waals surface area contributed by atoms with Gasteiger partial charge in [0, 0.05) is 32.9 Å². The number of nitrogens with zero attached hydrogens (tertiary/aromatic N) is 3. The number of amides is 2. The van der Waals surface area contributed by atoms with Gasteiger partial charge in [-0.2, -0.15) is 0 Å². The van der Waals surface area contributed by atoms with Crippen LogP contribution >= 0.6 is 0 Å². The minimum absolute atomic E-state index is 0.0242. The van der Waals surface area contributed by atoms with Gasteiger partial charge in [-0.3, -0.25) is 9.59 Å². The average molecular weight is 253 g/mol. The Morgan fingerprint density at radius 3 is 2.89 bits per heavy atom. The quantitative estimate of drug-likeness (QED) is 0.683. The molecule has 0 aromatic carbocycles. The number of hydrogen-bond donors (Lipinski definition) is 2. The molecule has 0 aliphatic rings. The smallest absolute Gasteiger partial charge is 0.274 e. The third kappa shape index (κ3) is 3.85. The van der Waals surface area contributed by atoms with Crippen LogP contribution < -0.4 is 11.1 Å². The van der Waals surface area contributed by atoms with Crippen molar-refractivity contribution < 1.29 is 9.59 Å². The Bertz CT molecular complexity index is 415. The first kappa shape index (κ1) is 14.2. The van der Waals surface area contributed by atoms with Crippen molar-refractivity contribution >= 4 is 11.8 Å². The Labute approximate surface area is 106 Å². The van der Waals surface area contributed by atoms with Crippen LogP contribution in [-0.4, -0.2) is 52.9 Å². The van der Waals surface area contributed by atoms with Gasteiger partial charge in [0.2, 0.25) is 5.91 Å². The predicted octanol–water partition coefficient (Wildman–Crippen LogP) is -0.950. The highest BCUT2D eigenvalue weighted by Gasteiger charge is 2.16. The van der Waals surface area contributed by atoms with Gasteiger partial charge >= 0.3 is 0 Å². The molecule has 7 heteroatoms. The van der Waals surface area contributed by atoms with Gasteiger partial charge in [-0.05, 0) is 6.92 Å². The molecule has 3 N–H and O–H groups in total. The lowest BCUT2D eigenvalue weighted by Crippen LogP contribution is -2.38. The molecule has 0 fully saturated rings. The van der Waals surface area contributed by atoms with E-state index in [1.807, 2.05) is 6.92 Å². The molecule has 100 valence electrons. The lowest BCUT2D eigenvalue weighted by molar-refractivity contribution is -0.121. The molecular formula is C11H19N5O2. The summed E-state index contributed by atoms with van der Waals surface area (Å²) >= 11 is 0. The van der Waals surface area contributed by atoms with E-state index in [-0.39, 0.29) is 18.4 Å². The van der Waals surface area contributed by atoms with E-state index in [2.05, 4.69) is 10.3 Å². The molecule has 7 nitrogen and oxygen atoms in total. The zero-order valence-electron chi connectivity index (χ0n) is 10.7. The van der Waals surface area contributed by atoms with Crippen molar-refractivity contribution in [2.45, 2.75) is 13.5 Å². The van der Waals surface area contributed by atoms with E-state index in [4.69, 9.17) is 5.73 Å². The topological polar surface area (TPSA) is 93.2 Å². The number of hydrogen-bond acceptors (Lipinski definition) is 4.